The third-order valence-corrected chi connectivity index (χ3v) is 3.50. The largest absolute Gasteiger partial charge is 0.399 e. The van der Waals surface area contributed by atoms with E-state index in [4.69, 9.17) is 5.73 Å². The topological polar surface area (TPSA) is 56.7 Å². The number of benzene rings is 2. The highest BCUT2D eigenvalue weighted by molar-refractivity contribution is 9.10. The average Bonchev–Trinajstić information content (AvgIpc) is 2.91. The van der Waals surface area contributed by atoms with Crippen molar-refractivity contribution in [2.45, 2.75) is 0 Å². The molecule has 0 aliphatic rings. The van der Waals surface area contributed by atoms with Crippen LogP contribution in [0.5, 0.6) is 0 Å². The van der Waals surface area contributed by atoms with Gasteiger partial charge in [0.1, 0.15) is 6.33 Å². The van der Waals surface area contributed by atoms with E-state index in [1.807, 2.05) is 53.1 Å². The lowest BCUT2D eigenvalue weighted by Gasteiger charge is -2.08. The SMILES string of the molecule is Nc1ccc(Br)c(-c2nncn2-c2ccccc2)c1. The number of rotatable bonds is 2. The highest BCUT2D eigenvalue weighted by Gasteiger charge is 2.12. The zero-order valence-electron chi connectivity index (χ0n) is 9.99. The second-order valence-electron chi connectivity index (χ2n) is 4.10. The normalized spacial score (nSPS) is 10.6. The van der Waals surface area contributed by atoms with Crippen molar-refractivity contribution in [2.24, 2.45) is 0 Å². The first-order valence-electron chi connectivity index (χ1n) is 5.76. The maximum atomic E-state index is 5.84. The Morgan fingerprint density at radius 2 is 1.84 bits per heavy atom. The van der Waals surface area contributed by atoms with E-state index >= 15 is 0 Å². The third kappa shape index (κ3) is 2.24. The Kier molecular flexibility index (Phi) is 3.05. The Labute approximate surface area is 119 Å². The Balaban J connectivity index is 2.18. The molecule has 0 bridgehead atoms. The summed E-state index contributed by atoms with van der Waals surface area (Å²) in [5.74, 6) is 0.755. The van der Waals surface area contributed by atoms with E-state index in [0.717, 1.165) is 21.5 Å². The lowest BCUT2D eigenvalue weighted by atomic mass is 10.2. The standard InChI is InChI=1S/C14H11BrN4/c15-13-7-6-10(16)8-12(13)14-18-17-9-19(14)11-4-2-1-3-5-11/h1-9H,16H2. The summed E-state index contributed by atoms with van der Waals surface area (Å²) in [5, 5.41) is 8.19. The first kappa shape index (κ1) is 11.9. The highest BCUT2D eigenvalue weighted by Crippen LogP contribution is 2.29. The summed E-state index contributed by atoms with van der Waals surface area (Å²) in [5.41, 5.74) is 8.47. The molecule has 0 saturated carbocycles. The van der Waals surface area contributed by atoms with Gasteiger partial charge in [-0.2, -0.15) is 0 Å². The Morgan fingerprint density at radius 1 is 1.05 bits per heavy atom. The fourth-order valence-electron chi connectivity index (χ4n) is 1.91. The van der Waals surface area contributed by atoms with E-state index < -0.39 is 0 Å². The summed E-state index contributed by atoms with van der Waals surface area (Å²) < 4.78 is 2.87. The fraction of sp³-hybridized carbons (Fsp3) is 0. The molecule has 0 saturated heterocycles. The molecular weight excluding hydrogens is 304 g/mol. The Hall–Kier alpha value is -2.14. The molecule has 0 amide bonds. The van der Waals surface area contributed by atoms with Crippen LogP contribution in [0.4, 0.5) is 5.69 Å². The predicted octanol–water partition coefficient (Wildman–Crippen LogP) is 3.28. The highest BCUT2D eigenvalue weighted by atomic mass is 79.9. The van der Waals surface area contributed by atoms with Crippen molar-refractivity contribution >= 4 is 21.6 Å². The van der Waals surface area contributed by atoms with Gasteiger partial charge in [-0.15, -0.1) is 10.2 Å². The van der Waals surface area contributed by atoms with Gasteiger partial charge in [0.15, 0.2) is 5.82 Å². The molecule has 3 aromatic rings. The smallest absolute Gasteiger partial charge is 0.169 e. The second kappa shape index (κ2) is 4.85. The summed E-state index contributed by atoms with van der Waals surface area (Å²) in [7, 11) is 0. The summed E-state index contributed by atoms with van der Waals surface area (Å²) in [6.45, 7) is 0. The summed E-state index contributed by atoms with van der Waals surface area (Å²) in [4.78, 5) is 0. The van der Waals surface area contributed by atoms with Crippen molar-refractivity contribution < 1.29 is 0 Å². The summed E-state index contributed by atoms with van der Waals surface area (Å²) in [6, 6.07) is 15.6. The van der Waals surface area contributed by atoms with Gasteiger partial charge in [0.05, 0.1) is 0 Å². The van der Waals surface area contributed by atoms with Crippen molar-refractivity contribution in [3.63, 3.8) is 0 Å². The van der Waals surface area contributed by atoms with E-state index in [0.29, 0.717) is 5.69 Å². The predicted molar refractivity (Wildman–Crippen MR) is 78.9 cm³/mol. The van der Waals surface area contributed by atoms with Crippen molar-refractivity contribution in [1.82, 2.24) is 14.8 Å². The van der Waals surface area contributed by atoms with Gasteiger partial charge >= 0.3 is 0 Å². The van der Waals surface area contributed by atoms with E-state index in [1.54, 1.807) is 6.33 Å². The molecule has 1 aromatic heterocycles. The van der Waals surface area contributed by atoms with Gasteiger partial charge in [0, 0.05) is 21.4 Å². The van der Waals surface area contributed by atoms with Crippen LogP contribution in [-0.4, -0.2) is 14.8 Å². The van der Waals surface area contributed by atoms with Crippen LogP contribution in [0.1, 0.15) is 0 Å². The van der Waals surface area contributed by atoms with Gasteiger partial charge in [0.2, 0.25) is 0 Å². The molecule has 0 aliphatic carbocycles. The lowest BCUT2D eigenvalue weighted by Crippen LogP contribution is -1.97. The molecular formula is C14H11BrN4. The van der Waals surface area contributed by atoms with Gasteiger partial charge in [-0.1, -0.05) is 34.1 Å². The third-order valence-electron chi connectivity index (χ3n) is 2.81. The minimum absolute atomic E-state index is 0.695. The van der Waals surface area contributed by atoms with Crippen LogP contribution in [0.3, 0.4) is 0 Å². The molecule has 0 aliphatic heterocycles. The molecule has 0 atom stereocenters. The van der Waals surface area contributed by atoms with E-state index in [1.165, 1.54) is 0 Å². The van der Waals surface area contributed by atoms with E-state index in [9.17, 15) is 0 Å². The fourth-order valence-corrected chi connectivity index (χ4v) is 2.33. The molecule has 94 valence electrons. The van der Waals surface area contributed by atoms with Gasteiger partial charge in [-0.25, -0.2) is 0 Å². The molecule has 2 N–H and O–H groups in total. The van der Waals surface area contributed by atoms with E-state index in [-0.39, 0.29) is 0 Å². The molecule has 19 heavy (non-hydrogen) atoms. The average molecular weight is 315 g/mol. The quantitative estimate of drug-likeness (QED) is 0.738. The molecule has 3 rings (SSSR count). The van der Waals surface area contributed by atoms with Gasteiger partial charge in [-0.3, -0.25) is 4.57 Å². The molecule has 0 fully saturated rings. The van der Waals surface area contributed by atoms with Crippen LogP contribution in [0.2, 0.25) is 0 Å². The minimum Gasteiger partial charge on any atom is -0.399 e. The Bertz CT molecular complexity index is 706. The first-order valence-corrected chi connectivity index (χ1v) is 6.56. The zero-order chi connectivity index (χ0) is 13.2. The van der Waals surface area contributed by atoms with Gasteiger partial charge < -0.3 is 5.73 Å². The molecule has 0 spiro atoms. The number of anilines is 1. The van der Waals surface area contributed by atoms with Crippen LogP contribution in [0, 0.1) is 0 Å². The number of halogens is 1. The van der Waals surface area contributed by atoms with Crippen LogP contribution in [0.15, 0.2) is 59.3 Å². The van der Waals surface area contributed by atoms with Gasteiger partial charge in [-0.05, 0) is 30.3 Å². The number of aromatic nitrogens is 3. The lowest BCUT2D eigenvalue weighted by molar-refractivity contribution is 1.06. The second-order valence-corrected chi connectivity index (χ2v) is 4.95. The van der Waals surface area contributed by atoms with Crippen molar-refractivity contribution in [3.8, 4) is 17.1 Å². The number of hydrogen-bond donors (Lipinski definition) is 1. The number of para-hydroxylation sites is 1. The first-order chi connectivity index (χ1) is 9.25. The molecule has 4 nitrogen and oxygen atoms in total. The maximum Gasteiger partial charge on any atom is 0.169 e. The van der Waals surface area contributed by atoms with Crippen LogP contribution < -0.4 is 5.73 Å². The number of nitrogens with two attached hydrogens (primary N) is 1. The van der Waals surface area contributed by atoms with Crippen LogP contribution >= 0.6 is 15.9 Å². The summed E-state index contributed by atoms with van der Waals surface area (Å²) >= 11 is 3.52. The minimum atomic E-state index is 0.695. The van der Waals surface area contributed by atoms with Gasteiger partial charge in [0.25, 0.3) is 0 Å². The van der Waals surface area contributed by atoms with Crippen molar-refractivity contribution in [3.05, 3.63) is 59.3 Å². The molecule has 5 heteroatoms. The van der Waals surface area contributed by atoms with Crippen LogP contribution in [0.25, 0.3) is 17.1 Å². The molecule has 0 unspecified atom stereocenters. The molecule has 1 heterocycles. The molecule has 2 aromatic carbocycles. The van der Waals surface area contributed by atoms with E-state index in [2.05, 4.69) is 26.1 Å². The van der Waals surface area contributed by atoms with Crippen LogP contribution in [-0.2, 0) is 0 Å². The number of nitrogens with zero attached hydrogens (tertiary/aromatic N) is 3. The van der Waals surface area contributed by atoms with Crippen molar-refractivity contribution in [1.29, 1.82) is 0 Å². The Morgan fingerprint density at radius 3 is 2.63 bits per heavy atom. The number of hydrogen-bond acceptors (Lipinski definition) is 3. The maximum absolute atomic E-state index is 5.84. The summed E-state index contributed by atoms with van der Waals surface area (Å²) in [6.07, 6.45) is 1.69. The monoisotopic (exact) mass is 314 g/mol. The number of nitrogen functional groups attached to an aromatic ring is 1. The zero-order valence-corrected chi connectivity index (χ0v) is 11.6. The molecule has 0 radical (unpaired) electrons. The van der Waals surface area contributed by atoms with Crippen molar-refractivity contribution in [2.75, 3.05) is 5.73 Å².